The van der Waals surface area contributed by atoms with Crippen molar-refractivity contribution in [2.45, 2.75) is 45.1 Å². The van der Waals surface area contributed by atoms with Crippen molar-refractivity contribution >= 4 is 5.91 Å². The highest BCUT2D eigenvalue weighted by Crippen LogP contribution is 2.29. The van der Waals surface area contributed by atoms with Crippen LogP contribution >= 0.6 is 0 Å². The van der Waals surface area contributed by atoms with Crippen molar-refractivity contribution in [1.82, 2.24) is 20.0 Å². The van der Waals surface area contributed by atoms with Crippen molar-refractivity contribution in [3.8, 4) is 0 Å². The molecule has 0 saturated carbocycles. The molecule has 2 atom stereocenters. The Bertz CT molecular complexity index is 757. The summed E-state index contributed by atoms with van der Waals surface area (Å²) >= 11 is 0. The van der Waals surface area contributed by atoms with Crippen molar-refractivity contribution in [3.63, 3.8) is 0 Å². The Labute approximate surface area is 161 Å². The highest BCUT2D eigenvalue weighted by Gasteiger charge is 2.37. The van der Waals surface area contributed by atoms with Crippen LogP contribution in [0.25, 0.3) is 0 Å². The summed E-state index contributed by atoms with van der Waals surface area (Å²) < 4.78 is 0. The van der Waals surface area contributed by atoms with E-state index in [1.807, 2.05) is 6.07 Å². The van der Waals surface area contributed by atoms with E-state index in [0.717, 1.165) is 51.1 Å². The third-order valence-electron chi connectivity index (χ3n) is 6.06. The highest BCUT2D eigenvalue weighted by molar-refractivity contribution is 5.92. The number of carbonyl (C=O) groups excluding carboxylic acids is 1. The molecule has 5 rings (SSSR count). The molecule has 1 aromatic heterocycles. The second-order valence-electron chi connectivity index (χ2n) is 8.04. The van der Waals surface area contributed by atoms with Gasteiger partial charge in [0.1, 0.15) is 5.69 Å². The molecule has 2 bridgehead atoms. The number of fused-ring (bicyclic) bond motifs is 4. The van der Waals surface area contributed by atoms with Crippen molar-refractivity contribution in [1.29, 1.82) is 0 Å². The Balaban J connectivity index is 1.36. The van der Waals surface area contributed by atoms with Crippen LogP contribution in [0.2, 0.25) is 0 Å². The fraction of sp³-hybridized carbons (Fsp3) is 0.545. The van der Waals surface area contributed by atoms with Crippen LogP contribution < -0.4 is 0 Å². The van der Waals surface area contributed by atoms with Gasteiger partial charge in [-0.2, -0.15) is 5.10 Å². The lowest BCUT2D eigenvalue weighted by Crippen LogP contribution is -2.47. The zero-order valence-corrected chi connectivity index (χ0v) is 16.2. The lowest BCUT2D eigenvalue weighted by molar-refractivity contribution is 0.0579. The van der Waals surface area contributed by atoms with E-state index in [1.54, 1.807) is 0 Å². The molecule has 3 fully saturated rings. The maximum atomic E-state index is 13.0. The first kappa shape index (κ1) is 18.2. The van der Waals surface area contributed by atoms with Crippen molar-refractivity contribution in [3.05, 3.63) is 53.3 Å². The zero-order valence-electron chi connectivity index (χ0n) is 16.2. The van der Waals surface area contributed by atoms with Crippen molar-refractivity contribution < 1.29 is 4.79 Å². The molecule has 0 radical (unpaired) electrons. The van der Waals surface area contributed by atoms with Gasteiger partial charge >= 0.3 is 0 Å². The summed E-state index contributed by atoms with van der Waals surface area (Å²) in [6.45, 7) is 6.19. The standard InChI is InChI=1S/C22H30N4O/c1-2-19-13-21(24-23-19)22(27)26-15-18-10-11-20(26)16-25(14-18)12-6-9-17-7-4-3-5-8-17/h3-5,7-8,13,18,20H,2,6,9-12,14-16H2,1H3,(H,23,24)/t18-,20+/m0/s1. The molecule has 27 heavy (non-hydrogen) atoms. The molecule has 1 aromatic carbocycles. The molecular formula is C22H30N4O. The van der Waals surface area contributed by atoms with Crippen LogP contribution in [0.15, 0.2) is 36.4 Å². The maximum absolute atomic E-state index is 13.0. The molecule has 144 valence electrons. The predicted octanol–water partition coefficient (Wildman–Crippen LogP) is 3.14. The van der Waals surface area contributed by atoms with Gasteiger partial charge in [-0.15, -0.1) is 0 Å². The van der Waals surface area contributed by atoms with Gasteiger partial charge < -0.3 is 9.80 Å². The van der Waals surface area contributed by atoms with E-state index in [2.05, 4.69) is 57.3 Å². The summed E-state index contributed by atoms with van der Waals surface area (Å²) in [6, 6.07) is 13.0. The Morgan fingerprint density at radius 1 is 1.19 bits per heavy atom. The third kappa shape index (κ3) is 4.24. The van der Waals surface area contributed by atoms with Gasteiger partial charge in [0.05, 0.1) is 0 Å². The fourth-order valence-corrected chi connectivity index (χ4v) is 4.56. The summed E-state index contributed by atoms with van der Waals surface area (Å²) in [6.07, 6.45) is 5.54. The lowest BCUT2D eigenvalue weighted by atomic mass is 9.94. The minimum atomic E-state index is 0.104. The van der Waals surface area contributed by atoms with E-state index in [9.17, 15) is 4.79 Å². The average Bonchev–Trinajstić information content (AvgIpc) is 3.02. The lowest BCUT2D eigenvalue weighted by Gasteiger charge is -2.35. The SMILES string of the molecule is CCc1cc(C(=O)N2C[C@H]3CC[C@@H]2CN(CCCc2ccccc2)C3)n[nH]1. The topological polar surface area (TPSA) is 52.2 Å². The third-order valence-corrected chi connectivity index (χ3v) is 6.06. The first-order valence-corrected chi connectivity index (χ1v) is 10.3. The Morgan fingerprint density at radius 3 is 2.81 bits per heavy atom. The zero-order chi connectivity index (χ0) is 18.6. The molecule has 2 aromatic rings. The first-order valence-electron chi connectivity index (χ1n) is 10.3. The summed E-state index contributed by atoms with van der Waals surface area (Å²) in [5.41, 5.74) is 3.02. The second kappa shape index (κ2) is 8.26. The number of hydrogen-bond donors (Lipinski definition) is 1. The largest absolute Gasteiger partial charge is 0.333 e. The number of carbonyl (C=O) groups is 1. The highest BCUT2D eigenvalue weighted by atomic mass is 16.2. The number of hydrogen-bond acceptors (Lipinski definition) is 3. The quantitative estimate of drug-likeness (QED) is 0.854. The van der Waals surface area contributed by atoms with Crippen LogP contribution in [-0.2, 0) is 12.8 Å². The number of H-pyrrole nitrogens is 1. The predicted molar refractivity (Wildman–Crippen MR) is 107 cm³/mol. The molecule has 0 aliphatic carbocycles. The normalized spacial score (nSPS) is 22.8. The van der Waals surface area contributed by atoms with E-state index in [-0.39, 0.29) is 5.91 Å². The van der Waals surface area contributed by atoms with Crippen molar-refractivity contribution in [2.24, 2.45) is 5.92 Å². The molecule has 5 nitrogen and oxygen atoms in total. The van der Waals surface area contributed by atoms with Gasteiger partial charge in [-0.05, 0) is 56.2 Å². The summed E-state index contributed by atoms with van der Waals surface area (Å²) in [5.74, 6) is 0.695. The second-order valence-corrected chi connectivity index (χ2v) is 8.04. The Kier molecular flexibility index (Phi) is 5.58. The van der Waals surface area contributed by atoms with Crippen molar-refractivity contribution in [2.75, 3.05) is 26.2 Å². The number of aromatic amines is 1. The molecule has 3 saturated heterocycles. The molecule has 4 heterocycles. The number of nitrogens with zero attached hydrogens (tertiary/aromatic N) is 3. The molecule has 0 spiro atoms. The number of aryl methyl sites for hydroxylation is 2. The van der Waals surface area contributed by atoms with Gasteiger partial charge in [-0.1, -0.05) is 37.3 Å². The Hall–Kier alpha value is -2.14. The summed E-state index contributed by atoms with van der Waals surface area (Å²) in [7, 11) is 0. The molecule has 3 aliphatic rings. The number of benzene rings is 1. The summed E-state index contributed by atoms with van der Waals surface area (Å²) in [4.78, 5) is 17.7. The number of rotatable bonds is 6. The fourth-order valence-electron chi connectivity index (χ4n) is 4.56. The smallest absolute Gasteiger partial charge is 0.274 e. The van der Waals surface area contributed by atoms with Crippen LogP contribution in [0.5, 0.6) is 0 Å². The molecule has 3 aliphatic heterocycles. The van der Waals surface area contributed by atoms with Crippen LogP contribution in [0.3, 0.4) is 0 Å². The monoisotopic (exact) mass is 366 g/mol. The van der Waals surface area contributed by atoms with Crippen LogP contribution in [0.1, 0.15) is 47.9 Å². The van der Waals surface area contributed by atoms with Gasteiger partial charge in [-0.3, -0.25) is 9.89 Å². The van der Waals surface area contributed by atoms with E-state index < -0.39 is 0 Å². The minimum Gasteiger partial charge on any atom is -0.333 e. The van der Waals surface area contributed by atoms with Crippen LogP contribution in [-0.4, -0.2) is 58.1 Å². The van der Waals surface area contributed by atoms with Gasteiger partial charge in [0.15, 0.2) is 0 Å². The van der Waals surface area contributed by atoms with E-state index in [0.29, 0.717) is 17.7 Å². The van der Waals surface area contributed by atoms with E-state index in [1.165, 1.54) is 18.4 Å². The van der Waals surface area contributed by atoms with Crippen LogP contribution in [0.4, 0.5) is 0 Å². The maximum Gasteiger partial charge on any atom is 0.274 e. The number of piperidine rings is 1. The average molecular weight is 367 g/mol. The summed E-state index contributed by atoms with van der Waals surface area (Å²) in [5, 5.41) is 7.23. The number of nitrogens with one attached hydrogen (secondary N) is 1. The molecule has 0 unspecified atom stereocenters. The minimum absolute atomic E-state index is 0.104. The first-order chi connectivity index (χ1) is 13.2. The van der Waals surface area contributed by atoms with E-state index in [4.69, 9.17) is 0 Å². The van der Waals surface area contributed by atoms with Gasteiger partial charge in [-0.25, -0.2) is 0 Å². The van der Waals surface area contributed by atoms with Gasteiger partial charge in [0.25, 0.3) is 5.91 Å². The van der Waals surface area contributed by atoms with Gasteiger partial charge in [0, 0.05) is 31.4 Å². The number of amides is 1. The van der Waals surface area contributed by atoms with Gasteiger partial charge in [0.2, 0.25) is 0 Å². The molecular weight excluding hydrogens is 336 g/mol. The number of aromatic nitrogens is 2. The van der Waals surface area contributed by atoms with Crippen LogP contribution in [0, 0.1) is 5.92 Å². The molecule has 1 N–H and O–H groups in total. The molecule has 1 amide bonds. The molecule has 5 heteroatoms. The Morgan fingerprint density at radius 2 is 2.04 bits per heavy atom. The van der Waals surface area contributed by atoms with E-state index >= 15 is 0 Å².